The summed E-state index contributed by atoms with van der Waals surface area (Å²) in [6.45, 7) is 1.25. The van der Waals surface area contributed by atoms with Crippen LogP contribution in [-0.4, -0.2) is 19.6 Å². The molecule has 6 nitrogen and oxygen atoms in total. The van der Waals surface area contributed by atoms with Crippen molar-refractivity contribution in [2.75, 3.05) is 0 Å². The second kappa shape index (κ2) is 5.15. The molecule has 0 aliphatic carbocycles. The average Bonchev–Trinajstić information content (AvgIpc) is 2.73. The van der Waals surface area contributed by atoms with Gasteiger partial charge in [-0.1, -0.05) is 11.6 Å². The molecule has 1 aromatic carbocycles. The second-order valence-electron chi connectivity index (χ2n) is 4.14. The number of alkyl halides is 3. The highest BCUT2D eigenvalue weighted by Crippen LogP contribution is 2.43. The fourth-order valence-corrected chi connectivity index (χ4v) is 2.46. The molecule has 0 aliphatic heterocycles. The van der Waals surface area contributed by atoms with Crippen LogP contribution < -0.4 is 0 Å². The summed E-state index contributed by atoms with van der Waals surface area (Å²) in [4.78, 5) is 14.0. The number of aliphatic hydroxyl groups is 1. The molecule has 1 heterocycles. The van der Waals surface area contributed by atoms with Gasteiger partial charge < -0.3 is 9.67 Å². The van der Waals surface area contributed by atoms with Crippen LogP contribution in [0.2, 0.25) is 5.02 Å². The Morgan fingerprint density at radius 1 is 1.52 bits per heavy atom. The van der Waals surface area contributed by atoms with Crippen molar-refractivity contribution < 1.29 is 23.2 Å². The van der Waals surface area contributed by atoms with Crippen LogP contribution in [0, 0.1) is 10.1 Å². The van der Waals surface area contributed by atoms with Gasteiger partial charge in [0.25, 0.3) is 0 Å². The van der Waals surface area contributed by atoms with Crippen molar-refractivity contribution in [3.63, 3.8) is 0 Å². The Morgan fingerprint density at radius 3 is 2.57 bits per heavy atom. The minimum Gasteiger partial charge on any atom is -0.388 e. The van der Waals surface area contributed by atoms with Crippen molar-refractivity contribution in [2.24, 2.45) is 0 Å². The zero-order valence-corrected chi connectivity index (χ0v) is 11.4. The summed E-state index contributed by atoms with van der Waals surface area (Å²) in [6, 6.07) is 0.649. The third-order valence-electron chi connectivity index (χ3n) is 2.97. The molecule has 0 aliphatic rings. The molecule has 1 aromatic heterocycles. The van der Waals surface area contributed by atoms with Gasteiger partial charge in [0.15, 0.2) is 0 Å². The van der Waals surface area contributed by atoms with Gasteiger partial charge in [-0.25, -0.2) is 4.98 Å². The van der Waals surface area contributed by atoms with E-state index in [-0.39, 0.29) is 23.4 Å². The van der Waals surface area contributed by atoms with Gasteiger partial charge in [0.1, 0.15) is 23.0 Å². The predicted molar refractivity (Wildman–Crippen MR) is 68.0 cm³/mol. The number of hydrogen-bond donors (Lipinski definition) is 1. The third kappa shape index (κ3) is 2.42. The molecule has 0 bridgehead atoms. The van der Waals surface area contributed by atoms with Crippen LogP contribution in [0.4, 0.5) is 18.9 Å². The highest BCUT2D eigenvalue weighted by molar-refractivity contribution is 6.34. The fraction of sp³-hybridized carbons (Fsp3) is 0.364. The van der Waals surface area contributed by atoms with Crippen LogP contribution in [0.25, 0.3) is 11.0 Å². The quantitative estimate of drug-likeness (QED) is 0.695. The van der Waals surface area contributed by atoms with Crippen LogP contribution in [0.5, 0.6) is 0 Å². The molecule has 0 atom stereocenters. The van der Waals surface area contributed by atoms with Gasteiger partial charge in [0, 0.05) is 6.54 Å². The molecule has 21 heavy (non-hydrogen) atoms. The molecule has 1 N–H and O–H groups in total. The zero-order chi connectivity index (χ0) is 15.9. The number of benzene rings is 1. The lowest BCUT2D eigenvalue weighted by molar-refractivity contribution is -0.383. The first-order chi connectivity index (χ1) is 9.72. The highest BCUT2D eigenvalue weighted by atomic mass is 35.5. The van der Waals surface area contributed by atoms with Crippen molar-refractivity contribution in [2.45, 2.75) is 26.3 Å². The number of hydrogen-bond acceptors (Lipinski definition) is 4. The highest BCUT2D eigenvalue weighted by Gasteiger charge is 2.39. The van der Waals surface area contributed by atoms with Gasteiger partial charge in [-0.15, -0.1) is 0 Å². The molecule has 0 fully saturated rings. The second-order valence-corrected chi connectivity index (χ2v) is 4.52. The predicted octanol–water partition coefficient (Wildman–Crippen LogP) is 3.13. The Labute approximate surface area is 120 Å². The number of halogens is 4. The average molecular weight is 324 g/mol. The van der Waals surface area contributed by atoms with Crippen LogP contribution in [-0.2, 0) is 19.3 Å². The topological polar surface area (TPSA) is 81.2 Å². The van der Waals surface area contributed by atoms with Crippen LogP contribution in [0.15, 0.2) is 6.07 Å². The van der Waals surface area contributed by atoms with Crippen molar-refractivity contribution in [3.8, 4) is 0 Å². The number of rotatable bonds is 3. The number of nitro groups is 1. The molecule has 2 rings (SSSR count). The number of nitro benzene ring substituents is 1. The SMILES string of the molecule is CCn1c(CO)nc2cc(C(F)(F)F)c(Cl)c([N+](=O)[O-])c21. The van der Waals surface area contributed by atoms with E-state index in [2.05, 4.69) is 4.98 Å². The molecule has 0 unspecified atom stereocenters. The molecule has 0 amide bonds. The number of aryl methyl sites for hydroxylation is 1. The summed E-state index contributed by atoms with van der Waals surface area (Å²) >= 11 is 5.58. The third-order valence-corrected chi connectivity index (χ3v) is 3.35. The normalized spacial score (nSPS) is 12.1. The summed E-state index contributed by atoms with van der Waals surface area (Å²) in [6.07, 6.45) is -4.84. The van der Waals surface area contributed by atoms with Gasteiger partial charge in [0.2, 0.25) is 0 Å². The molecular weight excluding hydrogens is 315 g/mol. The van der Waals surface area contributed by atoms with E-state index in [0.717, 1.165) is 0 Å². The molecule has 2 aromatic rings. The van der Waals surface area contributed by atoms with Gasteiger partial charge in [-0.05, 0) is 13.0 Å². The smallest absolute Gasteiger partial charge is 0.388 e. The lowest BCUT2D eigenvalue weighted by Crippen LogP contribution is -2.09. The molecule has 0 saturated heterocycles. The van der Waals surface area contributed by atoms with E-state index in [4.69, 9.17) is 11.6 Å². The monoisotopic (exact) mass is 323 g/mol. The first-order valence-corrected chi connectivity index (χ1v) is 6.14. The van der Waals surface area contributed by atoms with Gasteiger partial charge in [-0.2, -0.15) is 13.2 Å². The van der Waals surface area contributed by atoms with Gasteiger partial charge in [0.05, 0.1) is 16.0 Å². The summed E-state index contributed by atoms with van der Waals surface area (Å²) in [5.74, 6) is 0.0333. The maximum atomic E-state index is 12.9. The van der Waals surface area contributed by atoms with Gasteiger partial charge >= 0.3 is 11.9 Å². The molecule has 10 heteroatoms. The van der Waals surface area contributed by atoms with Crippen LogP contribution in [0.1, 0.15) is 18.3 Å². The molecule has 0 radical (unpaired) electrons. The van der Waals surface area contributed by atoms with Crippen molar-refractivity contribution in [1.29, 1.82) is 0 Å². The molecular formula is C11H9ClF3N3O3. The van der Waals surface area contributed by atoms with Gasteiger partial charge in [-0.3, -0.25) is 10.1 Å². The Kier molecular flexibility index (Phi) is 3.81. The van der Waals surface area contributed by atoms with E-state index in [1.807, 2.05) is 0 Å². The van der Waals surface area contributed by atoms with E-state index >= 15 is 0 Å². The Morgan fingerprint density at radius 2 is 2.14 bits per heavy atom. The minimum absolute atomic E-state index is 0.0333. The van der Waals surface area contributed by atoms with E-state index in [1.165, 1.54) is 4.57 Å². The summed E-state index contributed by atoms with van der Waals surface area (Å²) in [5.41, 5.74) is -2.56. The summed E-state index contributed by atoms with van der Waals surface area (Å²) < 4.78 is 40.0. The zero-order valence-electron chi connectivity index (χ0n) is 10.6. The maximum Gasteiger partial charge on any atom is 0.418 e. The number of aliphatic hydroxyl groups excluding tert-OH is 1. The van der Waals surface area contributed by atoms with Crippen LogP contribution in [0.3, 0.4) is 0 Å². The van der Waals surface area contributed by atoms with Crippen molar-refractivity contribution in [1.82, 2.24) is 9.55 Å². The Bertz CT molecular complexity index is 727. The van der Waals surface area contributed by atoms with E-state index in [9.17, 15) is 28.4 Å². The van der Waals surface area contributed by atoms with E-state index in [1.54, 1.807) is 6.92 Å². The summed E-state index contributed by atoms with van der Waals surface area (Å²) in [7, 11) is 0. The minimum atomic E-state index is -4.84. The number of nitrogens with zero attached hydrogens (tertiary/aromatic N) is 3. The maximum absolute atomic E-state index is 12.9. The number of fused-ring (bicyclic) bond motifs is 1. The molecule has 114 valence electrons. The lowest BCUT2D eigenvalue weighted by Gasteiger charge is -2.10. The number of imidazole rings is 1. The Hall–Kier alpha value is -1.87. The largest absolute Gasteiger partial charge is 0.418 e. The Balaban J connectivity index is 2.99. The van der Waals surface area contributed by atoms with E-state index in [0.29, 0.717) is 6.07 Å². The standard InChI is InChI=1S/C11H9ClF3N3O3/c1-2-17-7(4-19)16-6-3-5(11(13,14)15)8(12)10(9(6)17)18(20)21/h3,19H,2,4H2,1H3. The van der Waals surface area contributed by atoms with Crippen molar-refractivity contribution in [3.05, 3.63) is 32.6 Å². The first-order valence-electron chi connectivity index (χ1n) is 5.76. The van der Waals surface area contributed by atoms with Crippen LogP contribution >= 0.6 is 11.6 Å². The fourth-order valence-electron chi connectivity index (χ4n) is 2.14. The number of aromatic nitrogens is 2. The van der Waals surface area contributed by atoms with E-state index < -0.39 is 34.0 Å². The van der Waals surface area contributed by atoms with Crippen molar-refractivity contribution >= 4 is 28.3 Å². The summed E-state index contributed by atoms with van der Waals surface area (Å²) in [5, 5.41) is 19.3. The lowest BCUT2D eigenvalue weighted by atomic mass is 10.1. The molecule has 0 saturated carbocycles. The molecule has 0 spiro atoms. The first kappa shape index (κ1) is 15.5.